The summed E-state index contributed by atoms with van der Waals surface area (Å²) in [5, 5.41) is 0.789. The first kappa shape index (κ1) is 26.5. The molecule has 0 spiro atoms. The number of carbonyl (C=O) groups excluding carboxylic acids is 2. The van der Waals surface area contributed by atoms with Gasteiger partial charge in [-0.2, -0.15) is 0 Å². The summed E-state index contributed by atoms with van der Waals surface area (Å²) in [5.74, 6) is -0.273. The molecule has 3 aliphatic heterocycles. The second-order valence-corrected chi connectivity index (χ2v) is 15.5. The fraction of sp³-hybridized carbons (Fsp3) is 0.267. The highest BCUT2D eigenvalue weighted by Gasteiger charge is 2.70. The van der Waals surface area contributed by atoms with Crippen LogP contribution in [0.4, 0.5) is 5.69 Å². The van der Waals surface area contributed by atoms with Gasteiger partial charge in [0.25, 0.3) is 15.9 Å². The Bertz CT molecular complexity index is 1800. The molecule has 2 unspecified atom stereocenters. The van der Waals surface area contributed by atoms with Crippen molar-refractivity contribution in [1.29, 1.82) is 0 Å². The summed E-state index contributed by atoms with van der Waals surface area (Å²) < 4.78 is 30.8. The van der Waals surface area contributed by atoms with Gasteiger partial charge in [0.15, 0.2) is 5.37 Å². The van der Waals surface area contributed by atoms with E-state index in [1.54, 1.807) is 54.0 Å². The number of amides is 2. The normalized spacial score (nSPS) is 27.3. The van der Waals surface area contributed by atoms with E-state index in [0.717, 1.165) is 22.0 Å². The van der Waals surface area contributed by atoms with Gasteiger partial charge in [0.1, 0.15) is 6.17 Å². The molecule has 2 amide bonds. The lowest BCUT2D eigenvalue weighted by atomic mass is 9.72. The van der Waals surface area contributed by atoms with Crippen LogP contribution in [0, 0.1) is 0 Å². The van der Waals surface area contributed by atoms with E-state index in [2.05, 4.69) is 4.98 Å². The Morgan fingerprint density at radius 3 is 2.49 bits per heavy atom. The monoisotopic (exact) mass is 604 g/mol. The van der Waals surface area contributed by atoms with Crippen molar-refractivity contribution in [2.75, 3.05) is 16.4 Å². The van der Waals surface area contributed by atoms with Gasteiger partial charge in [-0.3, -0.25) is 9.59 Å². The van der Waals surface area contributed by atoms with Gasteiger partial charge < -0.3 is 14.8 Å². The fourth-order valence-corrected chi connectivity index (χ4v) is 11.6. The molecule has 7 rings (SSSR count). The second kappa shape index (κ2) is 9.30. The highest BCUT2D eigenvalue weighted by atomic mass is 32.2. The number of sulfonamides is 1. The van der Waals surface area contributed by atoms with Crippen LogP contribution in [0.2, 0.25) is 0 Å². The molecule has 8 nitrogen and oxygen atoms in total. The van der Waals surface area contributed by atoms with Crippen molar-refractivity contribution in [3.8, 4) is 0 Å². The molecule has 4 aromatic rings. The molecular weight excluding hydrogens is 577 g/mol. The quantitative estimate of drug-likeness (QED) is 0.330. The molecule has 41 heavy (non-hydrogen) atoms. The van der Waals surface area contributed by atoms with E-state index in [9.17, 15) is 18.0 Å². The number of carbonyl (C=O) groups is 2. The van der Waals surface area contributed by atoms with Crippen molar-refractivity contribution in [2.24, 2.45) is 0 Å². The number of nitrogens with zero attached hydrogens (tertiary/aromatic N) is 3. The minimum absolute atomic E-state index is 0.156. The van der Waals surface area contributed by atoms with Crippen molar-refractivity contribution in [2.45, 2.75) is 40.1 Å². The lowest BCUT2D eigenvalue weighted by molar-refractivity contribution is -0.139. The van der Waals surface area contributed by atoms with E-state index in [0.29, 0.717) is 23.6 Å². The third kappa shape index (κ3) is 3.58. The van der Waals surface area contributed by atoms with Gasteiger partial charge in [0.2, 0.25) is 6.41 Å². The van der Waals surface area contributed by atoms with Crippen LogP contribution in [-0.2, 0) is 25.0 Å². The molecule has 1 N–H and O–H groups in total. The number of likely N-dealkylation sites (N-methyl/N-ethyl adjacent to an activating group) is 1. The number of fused-ring (bicyclic) bond motifs is 6. The number of anilines is 1. The van der Waals surface area contributed by atoms with Crippen LogP contribution in [-0.4, -0.2) is 64.1 Å². The first-order valence-electron chi connectivity index (χ1n) is 13.3. The highest BCUT2D eigenvalue weighted by Crippen LogP contribution is 2.65. The van der Waals surface area contributed by atoms with Gasteiger partial charge in [0.05, 0.1) is 20.9 Å². The van der Waals surface area contributed by atoms with Crippen LogP contribution in [0.5, 0.6) is 0 Å². The number of rotatable bonds is 5. The van der Waals surface area contributed by atoms with Crippen LogP contribution < -0.4 is 4.31 Å². The summed E-state index contributed by atoms with van der Waals surface area (Å²) in [6.45, 7) is 2.03. The summed E-state index contributed by atoms with van der Waals surface area (Å²) in [5.41, 5.74) is 2.44. The third-order valence-corrected chi connectivity index (χ3v) is 13.2. The molecule has 3 aliphatic rings. The van der Waals surface area contributed by atoms with E-state index < -0.39 is 31.8 Å². The Kier molecular flexibility index (Phi) is 6.01. The molecule has 0 saturated carbocycles. The lowest BCUT2D eigenvalue weighted by Crippen LogP contribution is -2.59. The first-order chi connectivity index (χ1) is 19.7. The smallest absolute Gasteiger partial charge is 0.266 e. The molecule has 3 aromatic carbocycles. The maximum Gasteiger partial charge on any atom is 0.266 e. The van der Waals surface area contributed by atoms with Crippen LogP contribution in [0.1, 0.15) is 24.5 Å². The van der Waals surface area contributed by atoms with Crippen LogP contribution in [0.3, 0.4) is 0 Å². The predicted molar refractivity (Wildman–Crippen MR) is 163 cm³/mol. The second-order valence-electron chi connectivity index (χ2n) is 10.8. The van der Waals surface area contributed by atoms with Crippen LogP contribution >= 0.6 is 23.5 Å². The molecule has 210 valence electrons. The van der Waals surface area contributed by atoms with Crippen LogP contribution in [0.15, 0.2) is 90.0 Å². The Hall–Kier alpha value is -3.41. The van der Waals surface area contributed by atoms with E-state index >= 15 is 0 Å². The van der Waals surface area contributed by atoms with E-state index in [1.165, 1.54) is 21.0 Å². The topological polar surface area (TPSA) is 93.8 Å². The number of para-hydroxylation sites is 2. The summed E-state index contributed by atoms with van der Waals surface area (Å²) in [6.07, 6.45) is 2.24. The first-order valence-corrected chi connectivity index (χ1v) is 16.7. The number of hydrogen-bond donors (Lipinski definition) is 1. The van der Waals surface area contributed by atoms with Crippen molar-refractivity contribution in [3.05, 3.63) is 96.2 Å². The maximum atomic E-state index is 14.7. The van der Waals surface area contributed by atoms with E-state index in [-0.39, 0.29) is 10.8 Å². The molecule has 2 saturated heterocycles. The Morgan fingerprint density at radius 1 is 1.00 bits per heavy atom. The molecule has 1 aromatic heterocycles. The maximum absolute atomic E-state index is 14.7. The Labute approximate surface area is 247 Å². The largest absolute Gasteiger partial charge is 0.361 e. The van der Waals surface area contributed by atoms with Gasteiger partial charge in [-0.1, -0.05) is 54.6 Å². The van der Waals surface area contributed by atoms with E-state index in [4.69, 9.17) is 0 Å². The van der Waals surface area contributed by atoms with Gasteiger partial charge in [0, 0.05) is 29.2 Å². The van der Waals surface area contributed by atoms with Crippen molar-refractivity contribution in [3.63, 3.8) is 0 Å². The molecule has 4 heterocycles. The number of hydrogen-bond acceptors (Lipinski definition) is 6. The Balaban J connectivity index is 1.56. The summed E-state index contributed by atoms with van der Waals surface area (Å²) in [6, 6.07) is 24.0. The molecule has 2 fully saturated rings. The standard InChI is InChI=1S/C30H28N4O4S3/c1-29-17-30(23-16-31-24-14-8-6-12-21(23)24)22-13-7-9-15-25(22)34(41(37,38)20-10-4-3-5-11-20)28(30)33(29)26(36)27(32(2)18-35)39-19-40-29/h3-16,18,27-28,31H,17,19H2,1-2H3/t27-,28+,29?,30?/m1/s1. The fourth-order valence-electron chi connectivity index (χ4n) is 6.91. The zero-order valence-electron chi connectivity index (χ0n) is 22.4. The molecule has 0 bridgehead atoms. The number of aromatic nitrogens is 1. The number of nitrogens with one attached hydrogen (secondary N) is 1. The SMILES string of the molecule is CN(C=O)[C@@H]1SCSC2(C)CC3(c4c[nH]c5ccccc45)c4ccccc4N(S(=O)(=O)c4ccccc4)[C@@H]3N2C1=O. The highest BCUT2D eigenvalue weighted by molar-refractivity contribution is 8.17. The third-order valence-electron chi connectivity index (χ3n) is 8.60. The number of thioether (sulfide) groups is 2. The minimum atomic E-state index is -4.11. The van der Waals surface area contributed by atoms with E-state index in [1.807, 2.05) is 61.7 Å². The minimum Gasteiger partial charge on any atom is -0.361 e. The van der Waals surface area contributed by atoms with Gasteiger partial charge >= 0.3 is 0 Å². The molecule has 0 aliphatic carbocycles. The van der Waals surface area contributed by atoms with Gasteiger partial charge in [-0.05, 0) is 48.7 Å². The summed E-state index contributed by atoms with van der Waals surface area (Å²) in [7, 11) is -2.52. The van der Waals surface area contributed by atoms with Crippen molar-refractivity contribution < 1.29 is 18.0 Å². The average molecular weight is 605 g/mol. The summed E-state index contributed by atoms with van der Waals surface area (Å²) >= 11 is 3.02. The molecule has 0 radical (unpaired) electrons. The number of benzene rings is 3. The average Bonchev–Trinajstić information content (AvgIpc) is 3.59. The number of aromatic amines is 1. The zero-order chi connectivity index (χ0) is 28.6. The Morgan fingerprint density at radius 2 is 1.71 bits per heavy atom. The zero-order valence-corrected chi connectivity index (χ0v) is 24.9. The molecule has 4 atom stereocenters. The van der Waals surface area contributed by atoms with Crippen LogP contribution in [0.25, 0.3) is 10.9 Å². The number of H-pyrrole nitrogens is 1. The summed E-state index contributed by atoms with van der Waals surface area (Å²) in [4.78, 5) is 32.4. The molecule has 11 heteroatoms. The van der Waals surface area contributed by atoms with Crippen molar-refractivity contribution in [1.82, 2.24) is 14.8 Å². The van der Waals surface area contributed by atoms with Crippen molar-refractivity contribution >= 4 is 62.5 Å². The molecular formula is C30H28N4O4S3. The van der Waals surface area contributed by atoms with Gasteiger partial charge in [-0.15, -0.1) is 23.5 Å². The lowest BCUT2D eigenvalue weighted by Gasteiger charge is -2.41. The van der Waals surface area contributed by atoms with Gasteiger partial charge in [-0.25, -0.2) is 12.7 Å². The predicted octanol–water partition coefficient (Wildman–Crippen LogP) is 4.79.